The van der Waals surface area contributed by atoms with Gasteiger partial charge in [0.25, 0.3) is 5.91 Å². The number of aromatic nitrogens is 4. The summed E-state index contributed by atoms with van der Waals surface area (Å²) >= 11 is 1.28. The standard InChI is InChI=1S/C24H18FN5OS/c1-16-20(14-27-30(16)19-7-3-2-4-8-19)23(31)29(15-17-6-5-11-26-13-17)24-28-21-10-9-18(25)12-22(21)32-24/h2-14H,15H2,1H3. The van der Waals surface area contributed by atoms with Gasteiger partial charge in [0.1, 0.15) is 5.82 Å². The molecule has 158 valence electrons. The number of carbonyl (C=O) groups is 1. The van der Waals surface area contributed by atoms with Crippen LogP contribution in [-0.4, -0.2) is 25.7 Å². The minimum absolute atomic E-state index is 0.229. The number of fused-ring (bicyclic) bond motifs is 1. The third kappa shape index (κ3) is 3.76. The summed E-state index contributed by atoms with van der Waals surface area (Å²) in [4.78, 5) is 24.1. The van der Waals surface area contributed by atoms with Gasteiger partial charge in [0.15, 0.2) is 5.13 Å². The van der Waals surface area contributed by atoms with E-state index in [2.05, 4.69) is 15.1 Å². The first kappa shape index (κ1) is 20.0. The van der Waals surface area contributed by atoms with Gasteiger partial charge in [-0.1, -0.05) is 35.6 Å². The summed E-state index contributed by atoms with van der Waals surface area (Å²) < 4.78 is 16.1. The Bertz CT molecular complexity index is 1400. The zero-order chi connectivity index (χ0) is 22.1. The number of hydrogen-bond donors (Lipinski definition) is 0. The van der Waals surface area contributed by atoms with Gasteiger partial charge < -0.3 is 0 Å². The molecule has 0 spiro atoms. The molecule has 0 unspecified atom stereocenters. The number of pyridine rings is 1. The van der Waals surface area contributed by atoms with Crippen LogP contribution in [0.4, 0.5) is 9.52 Å². The zero-order valence-corrected chi connectivity index (χ0v) is 18.0. The molecule has 8 heteroatoms. The molecule has 3 heterocycles. The van der Waals surface area contributed by atoms with Crippen molar-refractivity contribution in [1.29, 1.82) is 0 Å². The molecule has 2 aromatic carbocycles. The predicted octanol–water partition coefficient (Wildman–Crippen LogP) is 5.17. The molecule has 0 aliphatic carbocycles. The van der Waals surface area contributed by atoms with Crippen LogP contribution in [0.1, 0.15) is 21.6 Å². The number of anilines is 1. The minimum Gasteiger partial charge on any atom is -0.279 e. The lowest BCUT2D eigenvalue weighted by atomic mass is 10.2. The summed E-state index contributed by atoms with van der Waals surface area (Å²) in [6.07, 6.45) is 4.98. The van der Waals surface area contributed by atoms with E-state index in [1.54, 1.807) is 34.2 Å². The van der Waals surface area contributed by atoms with Crippen molar-refractivity contribution in [3.63, 3.8) is 0 Å². The second-order valence-electron chi connectivity index (χ2n) is 7.25. The van der Waals surface area contributed by atoms with Crippen molar-refractivity contribution >= 4 is 32.6 Å². The van der Waals surface area contributed by atoms with E-state index in [4.69, 9.17) is 0 Å². The summed E-state index contributed by atoms with van der Waals surface area (Å²) in [6, 6.07) is 17.8. The first-order valence-corrected chi connectivity index (χ1v) is 10.8. The van der Waals surface area contributed by atoms with Crippen LogP contribution >= 0.6 is 11.3 Å². The van der Waals surface area contributed by atoms with E-state index in [0.29, 0.717) is 20.9 Å². The summed E-state index contributed by atoms with van der Waals surface area (Å²) in [5.74, 6) is -0.564. The monoisotopic (exact) mass is 443 g/mol. The number of rotatable bonds is 5. The Morgan fingerprint density at radius 3 is 2.72 bits per heavy atom. The highest BCUT2D eigenvalue weighted by Crippen LogP contribution is 2.31. The van der Waals surface area contributed by atoms with Crippen LogP contribution in [0.25, 0.3) is 15.9 Å². The summed E-state index contributed by atoms with van der Waals surface area (Å²) in [5, 5.41) is 4.93. The van der Waals surface area contributed by atoms with E-state index < -0.39 is 0 Å². The fourth-order valence-corrected chi connectivity index (χ4v) is 4.48. The molecule has 1 amide bonds. The van der Waals surface area contributed by atoms with E-state index >= 15 is 0 Å². The van der Waals surface area contributed by atoms with Gasteiger partial charge in [-0.05, 0) is 48.9 Å². The molecule has 32 heavy (non-hydrogen) atoms. The molecule has 0 saturated carbocycles. The highest BCUT2D eigenvalue weighted by molar-refractivity contribution is 7.22. The van der Waals surface area contributed by atoms with Crippen molar-refractivity contribution in [1.82, 2.24) is 19.7 Å². The number of carbonyl (C=O) groups excluding carboxylic acids is 1. The fraction of sp³-hybridized carbons (Fsp3) is 0.0833. The van der Waals surface area contributed by atoms with Crippen LogP contribution in [0.2, 0.25) is 0 Å². The molecular weight excluding hydrogens is 425 g/mol. The van der Waals surface area contributed by atoms with E-state index in [0.717, 1.165) is 16.9 Å². The quantitative estimate of drug-likeness (QED) is 0.376. The van der Waals surface area contributed by atoms with Crippen LogP contribution in [0.3, 0.4) is 0 Å². The van der Waals surface area contributed by atoms with Gasteiger partial charge >= 0.3 is 0 Å². The van der Waals surface area contributed by atoms with E-state index in [9.17, 15) is 9.18 Å². The maximum atomic E-state index is 13.7. The maximum absolute atomic E-state index is 13.7. The molecule has 5 rings (SSSR count). The summed E-state index contributed by atoms with van der Waals surface area (Å²) in [5.41, 5.74) is 3.58. The third-order valence-corrected chi connectivity index (χ3v) is 6.16. The predicted molar refractivity (Wildman–Crippen MR) is 123 cm³/mol. The molecule has 0 saturated heterocycles. The van der Waals surface area contributed by atoms with Crippen LogP contribution < -0.4 is 4.90 Å². The average Bonchev–Trinajstić information content (AvgIpc) is 3.41. The Morgan fingerprint density at radius 2 is 1.94 bits per heavy atom. The highest BCUT2D eigenvalue weighted by atomic mass is 32.1. The molecule has 0 aliphatic rings. The smallest absolute Gasteiger partial charge is 0.263 e. The van der Waals surface area contributed by atoms with Crippen molar-refractivity contribution in [2.24, 2.45) is 0 Å². The van der Waals surface area contributed by atoms with Gasteiger partial charge in [0.2, 0.25) is 0 Å². The molecular formula is C24H18FN5OS. The Morgan fingerprint density at radius 1 is 1.09 bits per heavy atom. The molecule has 0 radical (unpaired) electrons. The van der Waals surface area contributed by atoms with E-state index in [-0.39, 0.29) is 18.3 Å². The van der Waals surface area contributed by atoms with Gasteiger partial charge in [-0.25, -0.2) is 14.1 Å². The Hall–Kier alpha value is -3.91. The number of para-hydroxylation sites is 1. The van der Waals surface area contributed by atoms with Crippen molar-refractivity contribution in [3.8, 4) is 5.69 Å². The van der Waals surface area contributed by atoms with Gasteiger partial charge in [0, 0.05) is 12.4 Å². The molecule has 5 aromatic rings. The number of hydrogen-bond acceptors (Lipinski definition) is 5. The first-order valence-electron chi connectivity index (χ1n) is 9.97. The van der Waals surface area contributed by atoms with E-state index in [1.165, 1.54) is 23.5 Å². The van der Waals surface area contributed by atoms with Crippen molar-refractivity contribution in [2.45, 2.75) is 13.5 Å². The lowest BCUT2D eigenvalue weighted by Gasteiger charge is -2.19. The Balaban J connectivity index is 1.57. The fourth-order valence-electron chi connectivity index (χ4n) is 3.50. The van der Waals surface area contributed by atoms with Crippen LogP contribution in [-0.2, 0) is 6.54 Å². The molecule has 0 aliphatic heterocycles. The van der Waals surface area contributed by atoms with Crippen molar-refractivity contribution < 1.29 is 9.18 Å². The second-order valence-corrected chi connectivity index (χ2v) is 8.26. The minimum atomic E-state index is -0.335. The second kappa shape index (κ2) is 8.32. The van der Waals surface area contributed by atoms with Crippen LogP contribution in [0.15, 0.2) is 79.3 Å². The van der Waals surface area contributed by atoms with Gasteiger partial charge in [-0.15, -0.1) is 0 Å². The number of nitrogens with zero attached hydrogens (tertiary/aromatic N) is 5. The molecule has 0 atom stereocenters. The molecule has 0 fully saturated rings. The Kier molecular flexibility index (Phi) is 5.20. The van der Waals surface area contributed by atoms with Crippen LogP contribution in [0.5, 0.6) is 0 Å². The molecule has 0 N–H and O–H groups in total. The summed E-state index contributed by atoms with van der Waals surface area (Å²) in [7, 11) is 0. The van der Waals surface area contributed by atoms with Gasteiger partial charge in [-0.3, -0.25) is 14.7 Å². The number of halogens is 1. The lowest BCUT2D eigenvalue weighted by Crippen LogP contribution is -2.30. The number of amides is 1. The van der Waals surface area contributed by atoms with Crippen molar-refractivity contribution in [2.75, 3.05) is 4.90 Å². The normalized spacial score (nSPS) is 11.1. The largest absolute Gasteiger partial charge is 0.279 e. The van der Waals surface area contributed by atoms with E-state index in [1.807, 2.05) is 49.4 Å². The average molecular weight is 444 g/mol. The number of benzene rings is 2. The van der Waals surface area contributed by atoms with Gasteiger partial charge in [-0.2, -0.15) is 5.10 Å². The van der Waals surface area contributed by atoms with Gasteiger partial charge in [0.05, 0.1) is 39.9 Å². The first-order chi connectivity index (χ1) is 15.6. The molecule has 6 nitrogen and oxygen atoms in total. The number of thiazole rings is 1. The molecule has 0 bridgehead atoms. The topological polar surface area (TPSA) is 63.9 Å². The Labute approximate surface area is 187 Å². The van der Waals surface area contributed by atoms with Crippen LogP contribution in [0, 0.1) is 12.7 Å². The highest BCUT2D eigenvalue weighted by Gasteiger charge is 2.25. The third-order valence-electron chi connectivity index (χ3n) is 5.12. The van der Waals surface area contributed by atoms with Crippen molar-refractivity contribution in [3.05, 3.63) is 102 Å². The SMILES string of the molecule is Cc1c(C(=O)N(Cc2cccnc2)c2nc3ccc(F)cc3s2)cnn1-c1ccccc1. The lowest BCUT2D eigenvalue weighted by molar-refractivity contribution is 0.0984. The zero-order valence-electron chi connectivity index (χ0n) is 17.1. The molecule has 3 aromatic heterocycles. The summed E-state index contributed by atoms with van der Waals surface area (Å²) in [6.45, 7) is 2.15. The maximum Gasteiger partial charge on any atom is 0.263 e.